The smallest absolute Gasteiger partial charge is 0.239 e. The number of benzene rings is 2. The van der Waals surface area contributed by atoms with Gasteiger partial charge in [-0.25, -0.2) is 23.6 Å². The molecule has 0 aliphatic rings. The molecule has 2 aromatic carbocycles. The number of nitrogen functional groups attached to an aromatic ring is 1. The molecule has 0 unspecified atom stereocenters. The molecule has 11 nitrogen and oxygen atoms in total. The standard InChI is InChI=1S/C14H13N9O2S2/c15-14-18-8-3-1-2-7(11(8)19-14)6-4-5-9(26-16)12(27(17,24)25)10(6)13-20-22-23-21-13/h1-5H,16H2,(H3,15,18,19)(H2,17,24,25)(H,20,21,22,23). The highest BCUT2D eigenvalue weighted by Gasteiger charge is 2.27. The molecule has 8 N–H and O–H groups in total. The van der Waals surface area contributed by atoms with Crippen molar-refractivity contribution in [3.05, 3.63) is 30.3 Å². The number of hydrogen-bond donors (Lipinski definition) is 5. The molecule has 27 heavy (non-hydrogen) atoms. The number of sulfonamides is 1. The first-order valence-corrected chi connectivity index (χ1v) is 9.88. The van der Waals surface area contributed by atoms with E-state index in [0.717, 1.165) is 11.9 Å². The Labute approximate surface area is 156 Å². The quantitative estimate of drug-likeness (QED) is 0.303. The summed E-state index contributed by atoms with van der Waals surface area (Å²) in [5.74, 6) is 0.367. The third-order valence-corrected chi connectivity index (χ3v) is 5.65. The van der Waals surface area contributed by atoms with Crippen LogP contribution in [0.3, 0.4) is 0 Å². The van der Waals surface area contributed by atoms with E-state index < -0.39 is 10.0 Å². The Bertz CT molecular complexity index is 1250. The second kappa shape index (κ2) is 6.31. The van der Waals surface area contributed by atoms with Crippen molar-refractivity contribution in [3.8, 4) is 22.5 Å². The molecule has 0 amide bonds. The maximum absolute atomic E-state index is 12.4. The van der Waals surface area contributed by atoms with Gasteiger partial charge in [0.15, 0.2) is 11.8 Å². The van der Waals surface area contributed by atoms with Crippen LogP contribution in [0.1, 0.15) is 0 Å². The summed E-state index contributed by atoms with van der Waals surface area (Å²) < 4.78 is 24.7. The van der Waals surface area contributed by atoms with Crippen molar-refractivity contribution in [2.24, 2.45) is 10.3 Å². The van der Waals surface area contributed by atoms with Crippen LogP contribution in [0.15, 0.2) is 40.1 Å². The number of fused-ring (bicyclic) bond motifs is 1. The van der Waals surface area contributed by atoms with Crippen LogP contribution < -0.4 is 16.0 Å². The Hall–Kier alpha value is -3.00. The Morgan fingerprint density at radius 1 is 1.11 bits per heavy atom. The van der Waals surface area contributed by atoms with Gasteiger partial charge in [0.05, 0.1) is 11.0 Å². The predicted molar refractivity (Wildman–Crippen MR) is 101 cm³/mol. The van der Waals surface area contributed by atoms with Gasteiger partial charge in [0.1, 0.15) is 4.90 Å². The number of anilines is 1. The van der Waals surface area contributed by atoms with Crippen LogP contribution >= 0.6 is 11.9 Å². The van der Waals surface area contributed by atoms with Gasteiger partial charge in [-0.05, 0) is 40.1 Å². The number of rotatable bonds is 4. The van der Waals surface area contributed by atoms with Crippen LogP contribution in [0.25, 0.3) is 33.5 Å². The van der Waals surface area contributed by atoms with Crippen LogP contribution in [-0.4, -0.2) is 39.0 Å². The molecular weight excluding hydrogens is 390 g/mol. The van der Waals surface area contributed by atoms with E-state index in [-0.39, 0.29) is 27.1 Å². The first-order valence-electron chi connectivity index (χ1n) is 7.45. The Morgan fingerprint density at radius 2 is 1.93 bits per heavy atom. The number of H-pyrrole nitrogens is 2. The summed E-state index contributed by atoms with van der Waals surface area (Å²) in [6.07, 6.45) is 0. The zero-order valence-corrected chi connectivity index (χ0v) is 15.2. The van der Waals surface area contributed by atoms with Gasteiger partial charge in [0, 0.05) is 16.0 Å². The number of nitrogens with two attached hydrogens (primary N) is 3. The van der Waals surface area contributed by atoms with Gasteiger partial charge in [0.2, 0.25) is 10.0 Å². The Morgan fingerprint density at radius 3 is 2.59 bits per heavy atom. The minimum absolute atomic E-state index is 0.130. The lowest BCUT2D eigenvalue weighted by Crippen LogP contribution is -2.16. The molecule has 2 heterocycles. The number of para-hydroxylation sites is 1. The maximum Gasteiger partial charge on any atom is 0.239 e. The van der Waals surface area contributed by atoms with E-state index in [4.69, 9.17) is 16.0 Å². The molecular formula is C14H13N9O2S2. The minimum Gasteiger partial charge on any atom is -0.369 e. The first-order chi connectivity index (χ1) is 12.9. The lowest BCUT2D eigenvalue weighted by Gasteiger charge is -2.15. The van der Waals surface area contributed by atoms with Crippen molar-refractivity contribution in [3.63, 3.8) is 0 Å². The predicted octanol–water partition coefficient (Wildman–Crippen LogP) is 0.605. The third-order valence-electron chi connectivity index (χ3n) is 3.94. The van der Waals surface area contributed by atoms with Crippen molar-refractivity contribution < 1.29 is 8.42 Å². The molecule has 0 aliphatic carbocycles. The second-order valence-corrected chi connectivity index (χ2v) is 7.73. The number of tetrazole rings is 1. The van der Waals surface area contributed by atoms with Crippen LogP contribution in [0.2, 0.25) is 0 Å². The monoisotopic (exact) mass is 403 g/mol. The average molecular weight is 403 g/mol. The third kappa shape index (κ3) is 2.91. The number of aromatic amines is 2. The summed E-state index contributed by atoms with van der Waals surface area (Å²) in [6.45, 7) is 0. The molecule has 0 fully saturated rings. The molecule has 4 aromatic rings. The topological polar surface area (TPSA) is 195 Å². The molecule has 0 aliphatic heterocycles. The fraction of sp³-hybridized carbons (Fsp3) is 0. The number of aromatic nitrogens is 6. The van der Waals surface area contributed by atoms with Crippen LogP contribution in [0.5, 0.6) is 0 Å². The van der Waals surface area contributed by atoms with Crippen LogP contribution in [-0.2, 0) is 10.0 Å². The van der Waals surface area contributed by atoms with E-state index in [9.17, 15) is 8.42 Å². The average Bonchev–Trinajstić information content (AvgIpc) is 3.27. The summed E-state index contributed by atoms with van der Waals surface area (Å²) in [5, 5.41) is 24.7. The molecule has 0 radical (unpaired) electrons. The number of nitrogens with zero attached hydrogens (tertiary/aromatic N) is 4. The minimum atomic E-state index is -4.15. The fourth-order valence-electron chi connectivity index (χ4n) is 2.93. The maximum atomic E-state index is 12.4. The van der Waals surface area contributed by atoms with Crippen molar-refractivity contribution in [2.45, 2.75) is 9.79 Å². The first kappa shape index (κ1) is 17.4. The van der Waals surface area contributed by atoms with Gasteiger partial charge in [-0.15, -0.1) is 5.10 Å². The van der Waals surface area contributed by atoms with E-state index >= 15 is 0 Å². The summed E-state index contributed by atoms with van der Waals surface area (Å²) in [4.78, 5) is 7.33. The largest absolute Gasteiger partial charge is 0.369 e. The zero-order chi connectivity index (χ0) is 19.2. The van der Waals surface area contributed by atoms with E-state index in [2.05, 4.69) is 30.6 Å². The fourth-order valence-corrected chi connectivity index (χ4v) is 4.62. The summed E-state index contributed by atoms with van der Waals surface area (Å²) in [7, 11) is -4.15. The molecule has 13 heteroatoms. The second-order valence-electron chi connectivity index (χ2n) is 5.55. The van der Waals surface area contributed by atoms with Crippen molar-refractivity contribution in [1.29, 1.82) is 0 Å². The van der Waals surface area contributed by atoms with E-state index in [1.807, 2.05) is 6.07 Å². The van der Waals surface area contributed by atoms with Gasteiger partial charge in [0.25, 0.3) is 0 Å². The van der Waals surface area contributed by atoms with Gasteiger partial charge in [-0.1, -0.05) is 18.2 Å². The molecule has 0 saturated heterocycles. The lowest BCUT2D eigenvalue weighted by atomic mass is 9.98. The van der Waals surface area contributed by atoms with E-state index in [0.29, 0.717) is 22.2 Å². The van der Waals surface area contributed by atoms with E-state index in [1.165, 1.54) is 0 Å². The molecule has 0 atom stereocenters. The van der Waals surface area contributed by atoms with Crippen LogP contribution in [0, 0.1) is 0 Å². The highest BCUT2D eigenvalue weighted by atomic mass is 32.2. The van der Waals surface area contributed by atoms with Gasteiger partial charge >= 0.3 is 0 Å². The molecule has 4 rings (SSSR count). The molecule has 0 bridgehead atoms. The zero-order valence-electron chi connectivity index (χ0n) is 13.5. The number of primary sulfonamides is 1. The SMILES string of the molecule is NSc1ccc(-c2cccc3[nH]c(N)nc23)c(-c2nnn[nH]2)c1S(N)(=O)=O. The van der Waals surface area contributed by atoms with Gasteiger partial charge in [-0.3, -0.25) is 5.14 Å². The molecule has 0 saturated carbocycles. The van der Waals surface area contributed by atoms with Crippen molar-refractivity contribution >= 4 is 39.0 Å². The van der Waals surface area contributed by atoms with Crippen molar-refractivity contribution in [1.82, 2.24) is 30.6 Å². The highest BCUT2D eigenvalue weighted by Crippen LogP contribution is 2.41. The molecule has 138 valence electrons. The van der Waals surface area contributed by atoms with Gasteiger partial charge in [-0.2, -0.15) is 0 Å². The lowest BCUT2D eigenvalue weighted by molar-refractivity contribution is 0.596. The normalized spacial score (nSPS) is 11.9. The Kier molecular flexibility index (Phi) is 4.07. The summed E-state index contributed by atoms with van der Waals surface area (Å²) in [6, 6.07) is 8.67. The number of imidazole rings is 1. The Balaban J connectivity index is 2.16. The number of hydrogen-bond acceptors (Lipinski definition) is 9. The number of nitrogens with one attached hydrogen (secondary N) is 2. The van der Waals surface area contributed by atoms with Crippen LogP contribution in [0.4, 0.5) is 5.95 Å². The molecule has 2 aromatic heterocycles. The summed E-state index contributed by atoms with van der Waals surface area (Å²) in [5.41, 5.74) is 8.37. The van der Waals surface area contributed by atoms with E-state index in [1.54, 1.807) is 24.3 Å². The van der Waals surface area contributed by atoms with Crippen molar-refractivity contribution in [2.75, 3.05) is 5.73 Å². The highest BCUT2D eigenvalue weighted by molar-refractivity contribution is 7.98. The summed E-state index contributed by atoms with van der Waals surface area (Å²) >= 11 is 0.762. The molecule has 0 spiro atoms. The van der Waals surface area contributed by atoms with Gasteiger partial charge < -0.3 is 10.7 Å².